The van der Waals surface area contributed by atoms with Crippen molar-refractivity contribution in [1.29, 1.82) is 0 Å². The van der Waals surface area contributed by atoms with E-state index >= 15 is 0 Å². The lowest BCUT2D eigenvalue weighted by atomic mass is 10.0. The molecule has 1 aromatic rings. The Morgan fingerprint density at radius 2 is 2.18 bits per heavy atom. The Kier molecular flexibility index (Phi) is 10.5. The summed E-state index contributed by atoms with van der Waals surface area (Å²) >= 11 is 1.59. The van der Waals surface area contributed by atoms with Crippen LogP contribution < -0.4 is 0 Å². The Morgan fingerprint density at radius 3 is 2.75 bits per heavy atom. The van der Waals surface area contributed by atoms with Gasteiger partial charge in [-0.15, -0.1) is 11.8 Å². The Hall–Kier alpha value is -2.15. The third kappa shape index (κ3) is 7.84. The van der Waals surface area contributed by atoms with Crippen LogP contribution in [0.25, 0.3) is 0 Å². The molecule has 0 bridgehead atoms. The first-order chi connectivity index (χ1) is 13.3. The normalized spacial score (nSPS) is 14.8. The number of halogens is 2. The molecule has 1 N–H and O–H groups in total. The highest BCUT2D eigenvalue weighted by Crippen LogP contribution is 2.27. The van der Waals surface area contributed by atoms with Crippen molar-refractivity contribution in [3.63, 3.8) is 0 Å². The van der Waals surface area contributed by atoms with E-state index in [-0.39, 0.29) is 13.0 Å². The van der Waals surface area contributed by atoms with Crippen molar-refractivity contribution in [2.45, 2.75) is 50.5 Å². The third-order valence-electron chi connectivity index (χ3n) is 4.07. The van der Waals surface area contributed by atoms with Crippen LogP contribution in [0.4, 0.5) is 8.78 Å². The standard InChI is InChI=1S/C21H27F2NO3S/c1-5-15(4)28-20-17(8-7-9-24-20)13-27-19(12-22)18(23)11-16(6-2)10-14(3)21(25)26/h6-9,11,14-15H,2,5,10,12-13H2,1,3-4H3,(H,25,26)/b16-11+,19-18-. The predicted octanol–water partition coefficient (Wildman–Crippen LogP) is 5.86. The second-order valence-electron chi connectivity index (χ2n) is 6.36. The minimum Gasteiger partial charge on any atom is -0.487 e. The molecule has 0 radical (unpaired) electrons. The van der Waals surface area contributed by atoms with E-state index in [0.29, 0.717) is 10.8 Å². The van der Waals surface area contributed by atoms with E-state index in [4.69, 9.17) is 9.84 Å². The maximum Gasteiger partial charge on any atom is 0.306 e. The van der Waals surface area contributed by atoms with Crippen LogP contribution in [-0.2, 0) is 16.1 Å². The van der Waals surface area contributed by atoms with E-state index < -0.39 is 30.1 Å². The number of alkyl halides is 1. The fourth-order valence-corrected chi connectivity index (χ4v) is 3.08. The zero-order chi connectivity index (χ0) is 21.1. The molecule has 0 aliphatic carbocycles. The van der Waals surface area contributed by atoms with E-state index in [2.05, 4.69) is 25.4 Å². The fourth-order valence-electron chi connectivity index (χ4n) is 2.14. The summed E-state index contributed by atoms with van der Waals surface area (Å²) in [6.07, 6.45) is 5.15. The first-order valence-electron chi connectivity index (χ1n) is 9.06. The minimum absolute atomic E-state index is 0.0118. The summed E-state index contributed by atoms with van der Waals surface area (Å²) in [5, 5.41) is 10.1. The lowest BCUT2D eigenvalue weighted by Crippen LogP contribution is -2.09. The number of rotatable bonds is 12. The van der Waals surface area contributed by atoms with Gasteiger partial charge in [0.05, 0.1) is 5.92 Å². The van der Waals surface area contributed by atoms with Crippen molar-refractivity contribution in [2.24, 2.45) is 5.92 Å². The minimum atomic E-state index is -1.12. The topological polar surface area (TPSA) is 59.4 Å². The molecule has 0 saturated heterocycles. The van der Waals surface area contributed by atoms with Crippen molar-refractivity contribution in [1.82, 2.24) is 4.98 Å². The number of hydrogen-bond acceptors (Lipinski definition) is 4. The van der Waals surface area contributed by atoms with Crippen molar-refractivity contribution in [3.05, 3.63) is 59.8 Å². The van der Waals surface area contributed by atoms with Gasteiger partial charge in [0.25, 0.3) is 0 Å². The molecule has 0 aromatic carbocycles. The SMILES string of the molecule is C=C/C(=C\C(F)=C(/CF)OCc1cccnc1SC(C)CC)CC(C)C(=O)O. The van der Waals surface area contributed by atoms with Gasteiger partial charge >= 0.3 is 5.97 Å². The van der Waals surface area contributed by atoms with Gasteiger partial charge in [0.1, 0.15) is 18.3 Å². The van der Waals surface area contributed by atoms with E-state index in [0.717, 1.165) is 23.1 Å². The number of hydrogen-bond donors (Lipinski definition) is 1. The van der Waals surface area contributed by atoms with Gasteiger partial charge in [0.2, 0.25) is 0 Å². The molecule has 1 aromatic heterocycles. The van der Waals surface area contributed by atoms with Gasteiger partial charge < -0.3 is 9.84 Å². The van der Waals surface area contributed by atoms with Crippen LogP contribution in [0.3, 0.4) is 0 Å². The number of carbonyl (C=O) groups is 1. The van der Waals surface area contributed by atoms with Crippen molar-refractivity contribution in [3.8, 4) is 0 Å². The molecule has 2 atom stereocenters. The number of thioether (sulfide) groups is 1. The van der Waals surface area contributed by atoms with E-state index in [1.54, 1.807) is 24.0 Å². The van der Waals surface area contributed by atoms with Gasteiger partial charge in [-0.1, -0.05) is 39.5 Å². The lowest BCUT2D eigenvalue weighted by Gasteiger charge is -2.13. The molecule has 7 heteroatoms. The Labute approximate surface area is 169 Å². The van der Waals surface area contributed by atoms with E-state index in [1.807, 2.05) is 6.07 Å². The molecule has 0 amide bonds. The Morgan fingerprint density at radius 1 is 1.46 bits per heavy atom. The second-order valence-corrected chi connectivity index (χ2v) is 7.79. The molecule has 154 valence electrons. The molecule has 2 unspecified atom stereocenters. The largest absolute Gasteiger partial charge is 0.487 e. The molecule has 0 fully saturated rings. The molecule has 0 saturated carbocycles. The lowest BCUT2D eigenvalue weighted by molar-refractivity contribution is -0.141. The molecule has 1 heterocycles. The summed E-state index contributed by atoms with van der Waals surface area (Å²) < 4.78 is 33.1. The van der Waals surface area contributed by atoms with E-state index in [1.165, 1.54) is 13.0 Å². The fraction of sp³-hybridized carbons (Fsp3) is 0.429. The van der Waals surface area contributed by atoms with Crippen LogP contribution in [0.15, 0.2) is 59.2 Å². The summed E-state index contributed by atoms with van der Waals surface area (Å²) in [6, 6.07) is 3.56. The van der Waals surface area contributed by atoms with Gasteiger partial charge in [-0.2, -0.15) is 0 Å². The highest BCUT2D eigenvalue weighted by molar-refractivity contribution is 7.99. The van der Waals surface area contributed by atoms with Gasteiger partial charge in [-0.25, -0.2) is 13.8 Å². The Bertz CT molecular complexity index is 734. The zero-order valence-electron chi connectivity index (χ0n) is 16.5. The average Bonchev–Trinajstić information content (AvgIpc) is 2.68. The molecular weight excluding hydrogens is 384 g/mol. The number of ether oxygens (including phenoxy) is 1. The number of carboxylic acids is 1. The molecule has 0 aliphatic rings. The molecule has 1 rings (SSSR count). The number of aromatic nitrogens is 1. The summed E-state index contributed by atoms with van der Waals surface area (Å²) in [5.74, 6) is -3.02. The van der Waals surface area contributed by atoms with Crippen molar-refractivity contribution < 1.29 is 23.4 Å². The monoisotopic (exact) mass is 411 g/mol. The molecular formula is C21H27F2NO3S. The smallest absolute Gasteiger partial charge is 0.306 e. The molecule has 28 heavy (non-hydrogen) atoms. The van der Waals surface area contributed by atoms with Gasteiger partial charge in [-0.3, -0.25) is 4.79 Å². The van der Waals surface area contributed by atoms with Crippen LogP contribution in [0, 0.1) is 5.92 Å². The van der Waals surface area contributed by atoms with Crippen LogP contribution in [0.5, 0.6) is 0 Å². The van der Waals surface area contributed by atoms with Crippen LogP contribution >= 0.6 is 11.8 Å². The highest BCUT2D eigenvalue weighted by Gasteiger charge is 2.15. The molecule has 0 spiro atoms. The summed E-state index contributed by atoms with van der Waals surface area (Å²) in [7, 11) is 0. The van der Waals surface area contributed by atoms with Gasteiger partial charge in [-0.05, 0) is 30.6 Å². The maximum atomic E-state index is 14.4. The number of allylic oxidation sites excluding steroid dienone is 5. The van der Waals surface area contributed by atoms with Crippen LogP contribution in [0.1, 0.15) is 39.2 Å². The van der Waals surface area contributed by atoms with Crippen LogP contribution in [-0.4, -0.2) is 28.0 Å². The summed E-state index contributed by atoms with van der Waals surface area (Å²) in [5.41, 5.74) is 1.11. The number of carboxylic acid groups (broad SMARTS) is 1. The first kappa shape index (κ1) is 23.9. The zero-order valence-corrected chi connectivity index (χ0v) is 17.3. The summed E-state index contributed by atoms with van der Waals surface area (Å²) in [4.78, 5) is 15.3. The van der Waals surface area contributed by atoms with Gasteiger partial charge in [0, 0.05) is 17.0 Å². The quantitative estimate of drug-likeness (QED) is 0.265. The summed E-state index contributed by atoms with van der Waals surface area (Å²) in [6.45, 7) is 8.09. The predicted molar refractivity (Wildman–Crippen MR) is 108 cm³/mol. The van der Waals surface area contributed by atoms with Gasteiger partial charge in [0.15, 0.2) is 11.6 Å². The number of aliphatic carboxylic acids is 1. The van der Waals surface area contributed by atoms with E-state index in [9.17, 15) is 13.6 Å². The second kappa shape index (κ2) is 12.3. The average molecular weight is 412 g/mol. The molecule has 0 aliphatic heterocycles. The highest BCUT2D eigenvalue weighted by atomic mass is 32.2. The Balaban J connectivity index is 2.94. The first-order valence-corrected chi connectivity index (χ1v) is 9.94. The number of nitrogens with zero attached hydrogens (tertiary/aromatic N) is 1. The molecule has 4 nitrogen and oxygen atoms in total. The van der Waals surface area contributed by atoms with Crippen LogP contribution in [0.2, 0.25) is 0 Å². The number of pyridine rings is 1. The maximum absolute atomic E-state index is 14.4. The third-order valence-corrected chi connectivity index (χ3v) is 5.39. The van der Waals surface area contributed by atoms with Crippen molar-refractivity contribution >= 4 is 17.7 Å². The van der Waals surface area contributed by atoms with Crippen molar-refractivity contribution in [2.75, 3.05) is 6.67 Å².